The number of hydrogen-bond donors (Lipinski definition) is 2. The predicted octanol–water partition coefficient (Wildman–Crippen LogP) is 3.40. The van der Waals surface area contributed by atoms with Gasteiger partial charge in [0.05, 0.1) is 13.7 Å². The third-order valence-corrected chi connectivity index (χ3v) is 3.80. The van der Waals surface area contributed by atoms with Crippen molar-refractivity contribution in [3.8, 4) is 11.6 Å². The number of methoxy groups -OCH3 is 1. The summed E-state index contributed by atoms with van der Waals surface area (Å²) in [5.41, 5.74) is 2.33. The second kappa shape index (κ2) is 13.2. The third-order valence-electron chi connectivity index (χ3n) is 3.80. The van der Waals surface area contributed by atoms with E-state index in [1.54, 1.807) is 14.2 Å². The molecule has 0 radical (unpaired) electrons. The standard InChI is InChI=1S/C20H28N4O2.HI/c1-4-13-26-19-10-7-17(14-23-19)15-24-20(21-2)22-12-11-16-5-8-18(25-3)9-6-16;/h5-10,14H,4,11-13,15H2,1-3H3,(H2,21,22,24);1H. The van der Waals surface area contributed by atoms with Crippen molar-refractivity contribution in [1.29, 1.82) is 0 Å². The van der Waals surface area contributed by atoms with Crippen LogP contribution in [0.1, 0.15) is 24.5 Å². The minimum Gasteiger partial charge on any atom is -0.497 e. The van der Waals surface area contributed by atoms with Gasteiger partial charge in [0.25, 0.3) is 0 Å². The largest absolute Gasteiger partial charge is 0.497 e. The van der Waals surface area contributed by atoms with E-state index in [2.05, 4.69) is 39.7 Å². The van der Waals surface area contributed by atoms with E-state index in [4.69, 9.17) is 9.47 Å². The number of benzene rings is 1. The summed E-state index contributed by atoms with van der Waals surface area (Å²) in [6.45, 7) is 4.22. The summed E-state index contributed by atoms with van der Waals surface area (Å²) in [4.78, 5) is 8.55. The fourth-order valence-corrected chi connectivity index (χ4v) is 2.33. The van der Waals surface area contributed by atoms with Crippen LogP contribution >= 0.6 is 24.0 Å². The van der Waals surface area contributed by atoms with Crippen molar-refractivity contribution < 1.29 is 9.47 Å². The molecule has 1 aromatic heterocycles. The molecular formula is C20H29IN4O2. The van der Waals surface area contributed by atoms with Gasteiger partial charge in [0.1, 0.15) is 5.75 Å². The van der Waals surface area contributed by atoms with Crippen LogP contribution in [0.3, 0.4) is 0 Å². The van der Waals surface area contributed by atoms with Gasteiger partial charge in [-0.2, -0.15) is 0 Å². The number of ether oxygens (including phenoxy) is 2. The lowest BCUT2D eigenvalue weighted by Crippen LogP contribution is -2.37. The molecule has 148 valence electrons. The van der Waals surface area contributed by atoms with Gasteiger partial charge in [0.2, 0.25) is 5.88 Å². The van der Waals surface area contributed by atoms with E-state index in [1.165, 1.54) is 5.56 Å². The molecule has 7 heteroatoms. The summed E-state index contributed by atoms with van der Waals surface area (Å²) in [7, 11) is 3.44. The topological polar surface area (TPSA) is 67.8 Å². The molecule has 6 nitrogen and oxygen atoms in total. The Morgan fingerprint density at radius 2 is 1.81 bits per heavy atom. The van der Waals surface area contributed by atoms with Crippen LogP contribution in [0.5, 0.6) is 11.6 Å². The van der Waals surface area contributed by atoms with E-state index in [-0.39, 0.29) is 24.0 Å². The molecule has 1 aromatic carbocycles. The molecule has 0 fully saturated rings. The summed E-state index contributed by atoms with van der Waals surface area (Å²) in [6.07, 6.45) is 3.71. The molecule has 0 saturated heterocycles. The number of nitrogens with one attached hydrogen (secondary N) is 2. The molecule has 0 atom stereocenters. The highest BCUT2D eigenvalue weighted by atomic mass is 127. The van der Waals surface area contributed by atoms with Crippen LogP contribution in [0.25, 0.3) is 0 Å². The Hall–Kier alpha value is -2.03. The van der Waals surface area contributed by atoms with Crippen LogP contribution in [0.4, 0.5) is 0 Å². The van der Waals surface area contributed by atoms with Gasteiger partial charge in [-0.3, -0.25) is 4.99 Å². The molecule has 0 aliphatic carbocycles. The first-order valence-corrected chi connectivity index (χ1v) is 8.90. The Bertz CT molecular complexity index is 675. The number of nitrogens with zero attached hydrogens (tertiary/aromatic N) is 2. The van der Waals surface area contributed by atoms with Gasteiger partial charge in [0, 0.05) is 32.4 Å². The van der Waals surface area contributed by atoms with Gasteiger partial charge in [-0.1, -0.05) is 25.1 Å². The Balaban J connectivity index is 0.00000364. The molecule has 0 bridgehead atoms. The van der Waals surface area contributed by atoms with Crippen LogP contribution in [0, 0.1) is 0 Å². The highest BCUT2D eigenvalue weighted by Gasteiger charge is 2.01. The number of rotatable bonds is 9. The lowest BCUT2D eigenvalue weighted by atomic mass is 10.1. The molecule has 0 amide bonds. The second-order valence-corrected chi connectivity index (χ2v) is 5.80. The van der Waals surface area contributed by atoms with Gasteiger partial charge >= 0.3 is 0 Å². The van der Waals surface area contributed by atoms with Crippen LogP contribution in [-0.4, -0.2) is 38.3 Å². The van der Waals surface area contributed by atoms with E-state index < -0.39 is 0 Å². The molecule has 27 heavy (non-hydrogen) atoms. The van der Waals surface area contributed by atoms with Crippen LogP contribution in [0.2, 0.25) is 0 Å². The van der Waals surface area contributed by atoms with E-state index >= 15 is 0 Å². The Morgan fingerprint density at radius 3 is 2.41 bits per heavy atom. The summed E-state index contributed by atoms with van der Waals surface area (Å²) >= 11 is 0. The zero-order chi connectivity index (χ0) is 18.6. The van der Waals surface area contributed by atoms with Gasteiger partial charge in [-0.15, -0.1) is 24.0 Å². The molecule has 0 aliphatic rings. The number of aliphatic imine (C=N–C) groups is 1. The van der Waals surface area contributed by atoms with Gasteiger partial charge in [0.15, 0.2) is 5.96 Å². The lowest BCUT2D eigenvalue weighted by molar-refractivity contribution is 0.305. The fourth-order valence-electron chi connectivity index (χ4n) is 2.33. The van der Waals surface area contributed by atoms with E-state index in [0.717, 1.165) is 36.7 Å². The second-order valence-electron chi connectivity index (χ2n) is 5.80. The number of halogens is 1. The van der Waals surface area contributed by atoms with Crippen LogP contribution in [0.15, 0.2) is 47.6 Å². The first-order chi connectivity index (χ1) is 12.7. The Morgan fingerprint density at radius 1 is 1.07 bits per heavy atom. The zero-order valence-electron chi connectivity index (χ0n) is 16.2. The molecule has 2 N–H and O–H groups in total. The van der Waals surface area contributed by atoms with Gasteiger partial charge in [-0.25, -0.2) is 4.98 Å². The quantitative estimate of drug-likeness (QED) is 0.325. The molecule has 0 saturated carbocycles. The average Bonchev–Trinajstić information content (AvgIpc) is 2.70. The molecule has 1 heterocycles. The van der Waals surface area contributed by atoms with Crippen molar-refractivity contribution >= 4 is 29.9 Å². The Kier molecular flexibility index (Phi) is 11.2. The highest BCUT2D eigenvalue weighted by molar-refractivity contribution is 14.0. The maximum atomic E-state index is 5.49. The maximum Gasteiger partial charge on any atom is 0.213 e. The summed E-state index contributed by atoms with van der Waals surface area (Å²) in [5, 5.41) is 6.61. The molecule has 0 unspecified atom stereocenters. The average molecular weight is 484 g/mol. The fraction of sp³-hybridized carbons (Fsp3) is 0.400. The zero-order valence-corrected chi connectivity index (χ0v) is 18.5. The number of guanidine groups is 1. The van der Waals surface area contributed by atoms with Crippen molar-refractivity contribution in [3.63, 3.8) is 0 Å². The maximum absolute atomic E-state index is 5.49. The first kappa shape index (κ1) is 23.0. The third kappa shape index (κ3) is 8.47. The molecular weight excluding hydrogens is 455 g/mol. The van der Waals surface area contributed by atoms with E-state index in [0.29, 0.717) is 19.0 Å². The minimum atomic E-state index is 0. The molecule has 2 rings (SSSR count). The highest BCUT2D eigenvalue weighted by Crippen LogP contribution is 2.11. The first-order valence-electron chi connectivity index (χ1n) is 8.90. The minimum absolute atomic E-state index is 0. The normalized spacial score (nSPS) is 10.7. The van der Waals surface area contributed by atoms with Crippen molar-refractivity contribution in [2.45, 2.75) is 26.3 Å². The van der Waals surface area contributed by atoms with Crippen LogP contribution in [-0.2, 0) is 13.0 Å². The van der Waals surface area contributed by atoms with E-state index in [9.17, 15) is 0 Å². The van der Waals surface area contributed by atoms with E-state index in [1.807, 2.05) is 30.5 Å². The van der Waals surface area contributed by atoms with Gasteiger partial charge in [-0.05, 0) is 36.1 Å². The predicted molar refractivity (Wildman–Crippen MR) is 120 cm³/mol. The van der Waals surface area contributed by atoms with Gasteiger partial charge < -0.3 is 20.1 Å². The molecule has 0 aliphatic heterocycles. The number of hydrogen-bond acceptors (Lipinski definition) is 4. The molecule has 2 aromatic rings. The van der Waals surface area contributed by atoms with Crippen molar-refractivity contribution in [1.82, 2.24) is 15.6 Å². The number of pyridine rings is 1. The summed E-state index contributed by atoms with van der Waals surface area (Å²) < 4.78 is 10.7. The van der Waals surface area contributed by atoms with Crippen molar-refractivity contribution in [2.24, 2.45) is 4.99 Å². The molecule has 0 spiro atoms. The van der Waals surface area contributed by atoms with Crippen LogP contribution < -0.4 is 20.1 Å². The van der Waals surface area contributed by atoms with Crippen molar-refractivity contribution in [3.05, 3.63) is 53.7 Å². The summed E-state index contributed by atoms with van der Waals surface area (Å²) in [5.74, 6) is 2.31. The number of aromatic nitrogens is 1. The monoisotopic (exact) mass is 484 g/mol. The summed E-state index contributed by atoms with van der Waals surface area (Å²) in [6, 6.07) is 12.0. The Labute approximate surface area is 178 Å². The lowest BCUT2D eigenvalue weighted by Gasteiger charge is -2.12. The smallest absolute Gasteiger partial charge is 0.213 e. The van der Waals surface area contributed by atoms with Crippen molar-refractivity contribution in [2.75, 3.05) is 27.3 Å². The SMILES string of the molecule is CCCOc1ccc(CNC(=NC)NCCc2ccc(OC)cc2)cn1.I.